The quantitative estimate of drug-likeness (QED) is 0.807. The second kappa shape index (κ2) is 7.46. The van der Waals surface area contributed by atoms with Gasteiger partial charge in [-0.1, -0.05) is 12.1 Å². The van der Waals surface area contributed by atoms with Crippen molar-refractivity contribution in [1.82, 2.24) is 9.80 Å². The van der Waals surface area contributed by atoms with Crippen LogP contribution in [-0.4, -0.2) is 60.2 Å². The lowest BCUT2D eigenvalue weighted by molar-refractivity contribution is -0.137. The van der Waals surface area contributed by atoms with E-state index < -0.39 is 11.7 Å². The number of furan rings is 1. The lowest BCUT2D eigenvalue weighted by atomic mass is 10.1. The van der Waals surface area contributed by atoms with Crippen LogP contribution in [0.2, 0.25) is 0 Å². The van der Waals surface area contributed by atoms with Crippen LogP contribution in [0.4, 0.5) is 10.1 Å². The SMILES string of the molecule is O=C(c1ccco1)N1CCN(C(=O)C2CC(=O)N(c3ccccc3F)C2)CC1. The van der Waals surface area contributed by atoms with E-state index in [9.17, 15) is 18.8 Å². The van der Waals surface area contributed by atoms with Crippen LogP contribution in [0.3, 0.4) is 0 Å². The summed E-state index contributed by atoms with van der Waals surface area (Å²) in [5, 5.41) is 0. The van der Waals surface area contributed by atoms with Crippen molar-refractivity contribution in [3.05, 3.63) is 54.2 Å². The summed E-state index contributed by atoms with van der Waals surface area (Å²) in [7, 11) is 0. The predicted octanol–water partition coefficient (Wildman–Crippen LogP) is 1.76. The van der Waals surface area contributed by atoms with Crippen LogP contribution in [0.5, 0.6) is 0 Å². The zero-order chi connectivity index (χ0) is 19.7. The molecule has 4 rings (SSSR count). The highest BCUT2D eigenvalue weighted by molar-refractivity contribution is 6.00. The van der Waals surface area contributed by atoms with Crippen LogP contribution < -0.4 is 4.90 Å². The number of piperazine rings is 1. The summed E-state index contributed by atoms with van der Waals surface area (Å²) in [6.07, 6.45) is 1.52. The van der Waals surface area contributed by atoms with Crippen molar-refractivity contribution < 1.29 is 23.2 Å². The van der Waals surface area contributed by atoms with E-state index >= 15 is 0 Å². The van der Waals surface area contributed by atoms with Gasteiger partial charge >= 0.3 is 0 Å². The number of hydrogen-bond donors (Lipinski definition) is 0. The Morgan fingerprint density at radius 1 is 1.00 bits per heavy atom. The summed E-state index contributed by atoms with van der Waals surface area (Å²) in [6, 6.07) is 9.33. The number of carbonyl (C=O) groups is 3. The third kappa shape index (κ3) is 3.37. The van der Waals surface area contributed by atoms with Gasteiger partial charge in [0.25, 0.3) is 5.91 Å². The Morgan fingerprint density at radius 2 is 1.71 bits per heavy atom. The molecule has 0 radical (unpaired) electrons. The van der Waals surface area contributed by atoms with E-state index in [0.717, 1.165) is 0 Å². The number of para-hydroxylation sites is 1. The monoisotopic (exact) mass is 385 g/mol. The number of nitrogens with zero attached hydrogens (tertiary/aromatic N) is 3. The number of halogens is 1. The maximum atomic E-state index is 14.0. The van der Waals surface area contributed by atoms with Gasteiger partial charge in [0.15, 0.2) is 5.76 Å². The molecule has 2 fully saturated rings. The molecule has 1 unspecified atom stereocenters. The lowest BCUT2D eigenvalue weighted by Crippen LogP contribution is -2.52. The molecule has 0 saturated carbocycles. The third-order valence-corrected chi connectivity index (χ3v) is 5.23. The van der Waals surface area contributed by atoms with Crippen LogP contribution in [0.15, 0.2) is 47.1 Å². The number of carbonyl (C=O) groups excluding carboxylic acids is 3. The van der Waals surface area contributed by atoms with E-state index in [4.69, 9.17) is 4.42 Å². The van der Waals surface area contributed by atoms with Crippen LogP contribution in [-0.2, 0) is 9.59 Å². The molecule has 1 aromatic heterocycles. The summed E-state index contributed by atoms with van der Waals surface area (Å²) in [5.41, 5.74) is 0.205. The number of benzene rings is 1. The predicted molar refractivity (Wildman–Crippen MR) is 98.1 cm³/mol. The van der Waals surface area contributed by atoms with Crippen molar-refractivity contribution in [3.8, 4) is 0 Å². The van der Waals surface area contributed by atoms with E-state index in [0.29, 0.717) is 26.2 Å². The van der Waals surface area contributed by atoms with Crippen molar-refractivity contribution >= 4 is 23.4 Å². The molecule has 0 N–H and O–H groups in total. The molecule has 28 heavy (non-hydrogen) atoms. The second-order valence-electron chi connectivity index (χ2n) is 6.95. The molecule has 0 aliphatic carbocycles. The summed E-state index contributed by atoms with van der Waals surface area (Å²) >= 11 is 0. The number of hydrogen-bond acceptors (Lipinski definition) is 4. The normalized spacial score (nSPS) is 20.0. The zero-order valence-corrected chi connectivity index (χ0v) is 15.2. The minimum Gasteiger partial charge on any atom is -0.459 e. The Morgan fingerprint density at radius 3 is 2.39 bits per heavy atom. The molecule has 8 heteroatoms. The molecule has 2 aliphatic heterocycles. The van der Waals surface area contributed by atoms with Gasteiger partial charge in [0, 0.05) is 39.1 Å². The van der Waals surface area contributed by atoms with Crippen molar-refractivity contribution in [1.29, 1.82) is 0 Å². The first-order valence-corrected chi connectivity index (χ1v) is 9.21. The largest absolute Gasteiger partial charge is 0.459 e. The fraction of sp³-hybridized carbons (Fsp3) is 0.350. The molecule has 7 nitrogen and oxygen atoms in total. The van der Waals surface area contributed by atoms with E-state index in [1.807, 2.05) is 0 Å². The van der Waals surface area contributed by atoms with Crippen LogP contribution in [0.1, 0.15) is 17.0 Å². The van der Waals surface area contributed by atoms with Gasteiger partial charge < -0.3 is 19.1 Å². The first kappa shape index (κ1) is 18.2. The minimum atomic E-state index is -0.501. The van der Waals surface area contributed by atoms with Gasteiger partial charge in [-0.25, -0.2) is 4.39 Å². The van der Waals surface area contributed by atoms with Gasteiger partial charge in [-0.05, 0) is 24.3 Å². The Balaban J connectivity index is 1.36. The summed E-state index contributed by atoms with van der Waals surface area (Å²) in [5.74, 6) is -1.28. The maximum Gasteiger partial charge on any atom is 0.289 e. The average molecular weight is 385 g/mol. The summed E-state index contributed by atoms with van der Waals surface area (Å²) in [4.78, 5) is 42.1. The molecule has 146 valence electrons. The molecule has 1 aromatic carbocycles. The van der Waals surface area contributed by atoms with Gasteiger partial charge in [0.2, 0.25) is 11.8 Å². The van der Waals surface area contributed by atoms with Gasteiger partial charge in [0.1, 0.15) is 5.82 Å². The van der Waals surface area contributed by atoms with Crippen molar-refractivity contribution in [2.45, 2.75) is 6.42 Å². The third-order valence-electron chi connectivity index (χ3n) is 5.23. The topological polar surface area (TPSA) is 74.1 Å². The molecule has 0 spiro atoms. The number of rotatable bonds is 3. The second-order valence-corrected chi connectivity index (χ2v) is 6.95. The van der Waals surface area contributed by atoms with Gasteiger partial charge in [-0.3, -0.25) is 14.4 Å². The van der Waals surface area contributed by atoms with E-state index in [1.54, 1.807) is 40.1 Å². The van der Waals surface area contributed by atoms with Crippen molar-refractivity contribution in [3.63, 3.8) is 0 Å². The van der Waals surface area contributed by atoms with Crippen LogP contribution in [0.25, 0.3) is 0 Å². The Labute approximate surface area is 161 Å². The van der Waals surface area contributed by atoms with E-state index in [2.05, 4.69) is 0 Å². The maximum absolute atomic E-state index is 14.0. The number of anilines is 1. The highest BCUT2D eigenvalue weighted by atomic mass is 19.1. The standard InChI is InChI=1S/C20H20FN3O4/c21-15-4-1-2-5-16(15)24-13-14(12-18(24)25)19(26)22-7-9-23(10-8-22)20(27)17-6-3-11-28-17/h1-6,11,14H,7-10,12-13H2. The van der Waals surface area contributed by atoms with E-state index in [-0.39, 0.29) is 42.1 Å². The Kier molecular flexibility index (Phi) is 4.85. The van der Waals surface area contributed by atoms with Gasteiger partial charge in [-0.15, -0.1) is 0 Å². The zero-order valence-electron chi connectivity index (χ0n) is 15.2. The Hall–Kier alpha value is -3.16. The highest BCUT2D eigenvalue weighted by Gasteiger charge is 2.39. The highest BCUT2D eigenvalue weighted by Crippen LogP contribution is 2.28. The first-order valence-electron chi connectivity index (χ1n) is 9.21. The number of amides is 3. The minimum absolute atomic E-state index is 0.0682. The molecule has 2 saturated heterocycles. The summed E-state index contributed by atoms with van der Waals surface area (Å²) < 4.78 is 19.1. The lowest BCUT2D eigenvalue weighted by Gasteiger charge is -2.35. The fourth-order valence-electron chi connectivity index (χ4n) is 3.72. The summed E-state index contributed by atoms with van der Waals surface area (Å²) in [6.45, 7) is 1.78. The molecule has 3 heterocycles. The Bertz CT molecular complexity index is 891. The molecule has 1 atom stereocenters. The van der Waals surface area contributed by atoms with Gasteiger partial charge in [0.05, 0.1) is 17.9 Å². The van der Waals surface area contributed by atoms with Crippen molar-refractivity contribution in [2.75, 3.05) is 37.6 Å². The molecule has 2 aromatic rings. The molecule has 2 aliphatic rings. The van der Waals surface area contributed by atoms with Crippen molar-refractivity contribution in [2.24, 2.45) is 5.92 Å². The smallest absolute Gasteiger partial charge is 0.289 e. The molecular weight excluding hydrogens is 365 g/mol. The molecule has 3 amide bonds. The fourth-order valence-corrected chi connectivity index (χ4v) is 3.72. The van der Waals surface area contributed by atoms with Crippen LogP contribution in [0, 0.1) is 11.7 Å². The van der Waals surface area contributed by atoms with E-state index in [1.165, 1.54) is 17.2 Å². The van der Waals surface area contributed by atoms with Crippen LogP contribution >= 0.6 is 0 Å². The average Bonchev–Trinajstić information content (AvgIpc) is 3.37. The molecule has 0 bridgehead atoms. The molecular formula is C20H20FN3O4. The van der Waals surface area contributed by atoms with Gasteiger partial charge in [-0.2, -0.15) is 0 Å². The first-order chi connectivity index (χ1) is 13.5.